The summed E-state index contributed by atoms with van der Waals surface area (Å²) < 4.78 is 5.61. The zero-order valence-electron chi connectivity index (χ0n) is 16.9. The fourth-order valence-corrected chi connectivity index (χ4v) is 3.28. The van der Waals surface area contributed by atoms with Gasteiger partial charge in [0.1, 0.15) is 18.4 Å². The first kappa shape index (κ1) is 22.2. The number of aromatic nitrogens is 1. The van der Waals surface area contributed by atoms with Crippen LogP contribution in [0.4, 0.5) is 5.69 Å². The van der Waals surface area contributed by atoms with Crippen molar-refractivity contribution in [3.8, 4) is 5.75 Å². The predicted molar refractivity (Wildman–Crippen MR) is 112 cm³/mol. The molecule has 0 aliphatic carbocycles. The summed E-state index contributed by atoms with van der Waals surface area (Å²) in [7, 11) is 0. The van der Waals surface area contributed by atoms with Crippen molar-refractivity contribution in [2.45, 2.75) is 39.0 Å². The molecule has 3 rings (SSSR count). The van der Waals surface area contributed by atoms with Crippen molar-refractivity contribution in [3.63, 3.8) is 0 Å². The van der Waals surface area contributed by atoms with E-state index in [1.54, 1.807) is 32.2 Å². The number of benzene rings is 1. The number of rotatable bonds is 6. The Morgan fingerprint density at radius 3 is 2.61 bits per heavy atom. The van der Waals surface area contributed by atoms with Crippen LogP contribution in [0.2, 0.25) is 5.02 Å². The second-order valence-corrected chi connectivity index (χ2v) is 7.54. The molecule has 2 aromatic rings. The van der Waals surface area contributed by atoms with Crippen LogP contribution >= 0.6 is 11.6 Å². The van der Waals surface area contributed by atoms with Crippen molar-refractivity contribution in [3.05, 3.63) is 53.3 Å². The van der Waals surface area contributed by atoms with E-state index >= 15 is 0 Å². The van der Waals surface area contributed by atoms with Crippen molar-refractivity contribution in [1.29, 1.82) is 0 Å². The lowest BCUT2D eigenvalue weighted by Gasteiger charge is -2.19. The van der Waals surface area contributed by atoms with Gasteiger partial charge in [0.25, 0.3) is 5.91 Å². The molecule has 1 saturated heterocycles. The number of nitrogens with one attached hydrogen (secondary N) is 2. The number of hydrogen-bond donors (Lipinski definition) is 2. The fourth-order valence-electron chi connectivity index (χ4n) is 3.05. The molecule has 10 heteroatoms. The molecule has 0 radical (unpaired) electrons. The number of imide groups is 1. The molecule has 2 heterocycles. The number of anilines is 1. The topological polar surface area (TPSA) is 118 Å². The maximum atomic E-state index is 12.2. The number of carbonyl (C=O) groups is 4. The molecule has 0 saturated carbocycles. The molecule has 1 unspecified atom stereocenters. The molecular formula is C21H21ClN4O5. The highest BCUT2D eigenvalue weighted by Gasteiger charge is 2.41. The Labute approximate surface area is 183 Å². The Balaban J connectivity index is 1.56. The average Bonchev–Trinajstić information content (AvgIpc) is 3.01. The van der Waals surface area contributed by atoms with Crippen molar-refractivity contribution < 1.29 is 23.9 Å². The van der Waals surface area contributed by atoms with E-state index in [4.69, 9.17) is 16.3 Å². The van der Waals surface area contributed by atoms with Crippen molar-refractivity contribution in [1.82, 2.24) is 15.2 Å². The highest BCUT2D eigenvalue weighted by Crippen LogP contribution is 2.28. The lowest BCUT2D eigenvalue weighted by atomic mass is 10.2. The number of halogens is 1. The quantitative estimate of drug-likeness (QED) is 0.519. The van der Waals surface area contributed by atoms with Crippen LogP contribution in [0.15, 0.2) is 42.6 Å². The Bertz CT molecular complexity index is 1010. The number of hydrogen-bond acceptors (Lipinski definition) is 6. The first-order chi connectivity index (χ1) is 14.8. The Hall–Kier alpha value is -3.46. The largest absolute Gasteiger partial charge is 0.486 e. The van der Waals surface area contributed by atoms with Gasteiger partial charge >= 0.3 is 11.8 Å². The van der Waals surface area contributed by atoms with E-state index in [1.807, 2.05) is 12.1 Å². The van der Waals surface area contributed by atoms with Gasteiger partial charge < -0.3 is 15.4 Å². The van der Waals surface area contributed by atoms with E-state index in [0.717, 1.165) is 10.6 Å². The Kier molecular flexibility index (Phi) is 6.86. The third kappa shape index (κ3) is 5.37. The number of pyridine rings is 1. The van der Waals surface area contributed by atoms with E-state index in [1.165, 1.54) is 12.1 Å². The molecule has 1 atom stereocenters. The summed E-state index contributed by atoms with van der Waals surface area (Å²) in [5.41, 5.74) is 0.997. The zero-order valence-corrected chi connectivity index (χ0v) is 17.7. The number of amides is 4. The van der Waals surface area contributed by atoms with E-state index in [-0.39, 0.29) is 29.8 Å². The summed E-state index contributed by atoms with van der Waals surface area (Å²) in [6.45, 7) is 3.61. The number of nitrogens with zero attached hydrogens (tertiary/aromatic N) is 2. The molecule has 1 aromatic heterocycles. The first-order valence-electron chi connectivity index (χ1n) is 9.56. The maximum absolute atomic E-state index is 12.2. The van der Waals surface area contributed by atoms with Gasteiger partial charge in [-0.25, -0.2) is 0 Å². The molecule has 1 aliphatic heterocycles. The van der Waals surface area contributed by atoms with Crippen LogP contribution in [0.3, 0.4) is 0 Å². The van der Waals surface area contributed by atoms with Gasteiger partial charge in [0.05, 0.1) is 17.1 Å². The molecule has 1 aliphatic rings. The minimum atomic E-state index is -1.06. The van der Waals surface area contributed by atoms with Crippen molar-refractivity contribution in [2.24, 2.45) is 0 Å². The van der Waals surface area contributed by atoms with E-state index in [0.29, 0.717) is 5.75 Å². The minimum absolute atomic E-state index is 0.176. The zero-order chi connectivity index (χ0) is 22.5. The summed E-state index contributed by atoms with van der Waals surface area (Å²) >= 11 is 6.19. The fraction of sp³-hybridized carbons (Fsp3) is 0.286. The highest BCUT2D eigenvalue weighted by atomic mass is 35.5. The van der Waals surface area contributed by atoms with E-state index in [9.17, 15) is 19.2 Å². The molecule has 4 amide bonds. The number of carbonyl (C=O) groups excluding carboxylic acids is 4. The molecule has 0 bridgehead atoms. The molecule has 2 N–H and O–H groups in total. The third-order valence-corrected chi connectivity index (χ3v) is 4.80. The Morgan fingerprint density at radius 2 is 2.00 bits per heavy atom. The molecular weight excluding hydrogens is 424 g/mol. The third-order valence-electron chi connectivity index (χ3n) is 4.50. The van der Waals surface area contributed by atoms with Gasteiger partial charge in [0.15, 0.2) is 0 Å². The lowest BCUT2D eigenvalue weighted by Crippen LogP contribution is -2.47. The molecule has 1 aromatic carbocycles. The van der Waals surface area contributed by atoms with Crippen LogP contribution in [-0.4, -0.2) is 45.6 Å². The average molecular weight is 445 g/mol. The summed E-state index contributed by atoms with van der Waals surface area (Å²) in [6, 6.07) is 8.58. The van der Waals surface area contributed by atoms with Gasteiger partial charge in [0.2, 0.25) is 5.91 Å². The molecule has 0 spiro atoms. The van der Waals surface area contributed by atoms with Crippen molar-refractivity contribution in [2.75, 3.05) is 5.32 Å². The monoisotopic (exact) mass is 444 g/mol. The first-order valence-corrected chi connectivity index (χ1v) is 9.94. The molecule has 162 valence electrons. The van der Waals surface area contributed by atoms with Crippen LogP contribution in [0, 0.1) is 0 Å². The van der Waals surface area contributed by atoms with Gasteiger partial charge in [-0.05, 0) is 44.2 Å². The van der Waals surface area contributed by atoms with Gasteiger partial charge in [-0.1, -0.05) is 17.7 Å². The van der Waals surface area contributed by atoms with Crippen LogP contribution in [0.5, 0.6) is 5.75 Å². The van der Waals surface area contributed by atoms with E-state index < -0.39 is 29.7 Å². The second-order valence-electron chi connectivity index (χ2n) is 7.13. The van der Waals surface area contributed by atoms with Crippen LogP contribution in [-0.2, 0) is 25.8 Å². The van der Waals surface area contributed by atoms with Crippen LogP contribution in [0.25, 0.3) is 0 Å². The molecule has 31 heavy (non-hydrogen) atoms. The molecule has 9 nitrogen and oxygen atoms in total. The normalized spacial score (nSPS) is 15.9. The molecule has 1 fully saturated rings. The summed E-state index contributed by atoms with van der Waals surface area (Å²) in [6.07, 6.45) is 1.48. The van der Waals surface area contributed by atoms with Gasteiger partial charge in [0, 0.05) is 17.9 Å². The summed E-state index contributed by atoms with van der Waals surface area (Å²) in [4.78, 5) is 53.8. The summed E-state index contributed by atoms with van der Waals surface area (Å²) in [5, 5.41) is 4.94. The van der Waals surface area contributed by atoms with E-state index in [2.05, 4.69) is 15.6 Å². The van der Waals surface area contributed by atoms with Crippen LogP contribution < -0.4 is 15.4 Å². The lowest BCUT2D eigenvalue weighted by molar-refractivity contribution is -0.142. The highest BCUT2D eigenvalue weighted by molar-refractivity contribution is 6.40. The number of ether oxygens (including phenoxy) is 1. The number of likely N-dealkylation sites (tertiary alicyclic amines) is 1. The second kappa shape index (κ2) is 9.57. The van der Waals surface area contributed by atoms with Gasteiger partial charge in [-0.3, -0.25) is 29.1 Å². The Morgan fingerprint density at radius 1 is 1.23 bits per heavy atom. The summed E-state index contributed by atoms with van der Waals surface area (Å²) in [5.74, 6) is -2.54. The SMILES string of the molecule is CC(C)N1C(=O)CC(NC(=O)C(=O)Nc2ccc(OCc3ccccn3)c(Cl)c2)C1=O. The standard InChI is InChI=1S/C21H21ClN4O5/c1-12(2)26-18(27)10-16(21(26)30)25-20(29)19(28)24-13-6-7-17(15(22)9-13)31-11-14-5-3-4-8-23-14/h3-9,12,16H,10-11H2,1-2H3,(H,24,28)(H,25,29). The van der Waals surface area contributed by atoms with Crippen LogP contribution in [0.1, 0.15) is 26.0 Å². The van der Waals surface area contributed by atoms with Gasteiger partial charge in [-0.15, -0.1) is 0 Å². The minimum Gasteiger partial charge on any atom is -0.486 e. The predicted octanol–water partition coefficient (Wildman–Crippen LogP) is 1.90. The van der Waals surface area contributed by atoms with Crippen molar-refractivity contribution >= 4 is 40.9 Å². The maximum Gasteiger partial charge on any atom is 0.313 e. The van der Waals surface area contributed by atoms with Gasteiger partial charge in [-0.2, -0.15) is 0 Å². The smallest absolute Gasteiger partial charge is 0.313 e.